The van der Waals surface area contributed by atoms with Gasteiger partial charge in [0.1, 0.15) is 5.75 Å². The fourth-order valence-corrected chi connectivity index (χ4v) is 2.26. The molecule has 1 aliphatic rings. The fourth-order valence-electron chi connectivity index (χ4n) is 1.01. The molecule has 1 fully saturated rings. The lowest BCUT2D eigenvalue weighted by molar-refractivity contribution is -0.119. The summed E-state index contributed by atoms with van der Waals surface area (Å²) in [7, 11) is -3.20. The van der Waals surface area contributed by atoms with E-state index in [1.807, 2.05) is 0 Å². The Kier molecular flexibility index (Phi) is 3.01. The maximum atomic E-state index is 11.2. The molecule has 0 radical (unpaired) electrons. The van der Waals surface area contributed by atoms with Gasteiger partial charge in [-0.3, -0.25) is 4.79 Å². The standard InChI is InChI=1S/C7H12BrNO3S/c1-13(11,12)4-6(10)9-7(5-8)2-3-7/h2-5H2,1H3,(H,9,10). The third-order valence-electron chi connectivity index (χ3n) is 1.91. The van der Waals surface area contributed by atoms with Crippen LogP contribution in [0, 0.1) is 0 Å². The van der Waals surface area contributed by atoms with Gasteiger partial charge in [0.15, 0.2) is 9.84 Å². The largest absolute Gasteiger partial charge is 0.349 e. The molecule has 0 atom stereocenters. The Labute approximate surface area is 86.1 Å². The Morgan fingerprint density at radius 1 is 1.54 bits per heavy atom. The van der Waals surface area contributed by atoms with Gasteiger partial charge in [0.25, 0.3) is 0 Å². The van der Waals surface area contributed by atoms with Gasteiger partial charge in [-0.1, -0.05) is 15.9 Å². The molecule has 1 rings (SSSR count). The van der Waals surface area contributed by atoms with Crippen LogP contribution in [0.4, 0.5) is 0 Å². The van der Waals surface area contributed by atoms with Gasteiger partial charge in [0, 0.05) is 17.1 Å². The summed E-state index contributed by atoms with van der Waals surface area (Å²) in [5, 5.41) is 3.40. The van der Waals surface area contributed by atoms with Crippen molar-refractivity contribution in [2.75, 3.05) is 17.3 Å². The van der Waals surface area contributed by atoms with Crippen LogP contribution < -0.4 is 5.32 Å². The van der Waals surface area contributed by atoms with Crippen molar-refractivity contribution in [1.82, 2.24) is 5.32 Å². The van der Waals surface area contributed by atoms with Crippen molar-refractivity contribution in [2.45, 2.75) is 18.4 Å². The minimum absolute atomic E-state index is 0.165. The molecule has 0 aromatic carbocycles. The second kappa shape index (κ2) is 3.57. The van der Waals surface area contributed by atoms with Crippen LogP contribution in [0.1, 0.15) is 12.8 Å². The summed E-state index contributed by atoms with van der Waals surface area (Å²) in [5.41, 5.74) is -0.165. The van der Waals surface area contributed by atoms with Crippen molar-refractivity contribution < 1.29 is 13.2 Å². The molecule has 0 bridgehead atoms. The highest BCUT2D eigenvalue weighted by molar-refractivity contribution is 9.09. The summed E-state index contributed by atoms with van der Waals surface area (Å²) in [6, 6.07) is 0. The molecule has 1 amide bonds. The van der Waals surface area contributed by atoms with Crippen molar-refractivity contribution in [1.29, 1.82) is 0 Å². The van der Waals surface area contributed by atoms with Gasteiger partial charge in [0.05, 0.1) is 0 Å². The molecule has 0 aromatic heterocycles. The molecule has 1 N–H and O–H groups in total. The molecule has 0 unspecified atom stereocenters. The van der Waals surface area contributed by atoms with Crippen LogP contribution in [0.3, 0.4) is 0 Å². The minimum Gasteiger partial charge on any atom is -0.349 e. The summed E-state index contributed by atoms with van der Waals surface area (Å²) in [5.74, 6) is -0.818. The zero-order chi connectivity index (χ0) is 10.1. The van der Waals surface area contributed by atoms with Crippen LogP contribution >= 0.6 is 15.9 Å². The first-order valence-electron chi connectivity index (χ1n) is 3.92. The van der Waals surface area contributed by atoms with E-state index >= 15 is 0 Å². The van der Waals surface area contributed by atoms with E-state index in [4.69, 9.17) is 0 Å². The van der Waals surface area contributed by atoms with E-state index in [1.165, 1.54) is 0 Å². The third-order valence-corrected chi connectivity index (χ3v) is 3.77. The Bertz CT molecular complexity index is 308. The number of halogens is 1. The monoisotopic (exact) mass is 269 g/mol. The van der Waals surface area contributed by atoms with E-state index < -0.39 is 21.5 Å². The predicted molar refractivity (Wildman–Crippen MR) is 53.6 cm³/mol. The number of carbonyl (C=O) groups is 1. The number of amides is 1. The molecule has 0 heterocycles. The average molecular weight is 270 g/mol. The van der Waals surface area contributed by atoms with Gasteiger partial charge in [0.2, 0.25) is 5.91 Å². The Morgan fingerprint density at radius 3 is 2.38 bits per heavy atom. The van der Waals surface area contributed by atoms with Gasteiger partial charge >= 0.3 is 0 Å². The first kappa shape index (κ1) is 11.0. The number of hydrogen-bond donors (Lipinski definition) is 1. The average Bonchev–Trinajstić information content (AvgIpc) is 2.65. The first-order chi connectivity index (χ1) is 5.87. The van der Waals surface area contributed by atoms with E-state index in [2.05, 4.69) is 21.2 Å². The molecule has 76 valence electrons. The molecular formula is C7H12BrNO3S. The number of rotatable bonds is 4. The molecule has 0 saturated heterocycles. The van der Waals surface area contributed by atoms with Crippen LogP contribution in [-0.4, -0.2) is 37.2 Å². The lowest BCUT2D eigenvalue weighted by Crippen LogP contribution is -2.41. The van der Waals surface area contributed by atoms with E-state index in [1.54, 1.807) is 0 Å². The van der Waals surface area contributed by atoms with E-state index in [0.717, 1.165) is 19.1 Å². The molecule has 1 saturated carbocycles. The minimum atomic E-state index is -3.20. The number of carbonyl (C=O) groups excluding carboxylic acids is 1. The summed E-state index contributed by atoms with van der Waals surface area (Å²) >= 11 is 3.28. The van der Waals surface area contributed by atoms with Crippen LogP contribution in [0.5, 0.6) is 0 Å². The highest BCUT2D eigenvalue weighted by Crippen LogP contribution is 2.36. The van der Waals surface area contributed by atoms with Crippen molar-refractivity contribution >= 4 is 31.7 Å². The molecule has 0 aromatic rings. The third kappa shape index (κ3) is 3.64. The number of hydrogen-bond acceptors (Lipinski definition) is 3. The smallest absolute Gasteiger partial charge is 0.235 e. The summed E-state index contributed by atoms with van der Waals surface area (Å²) < 4.78 is 21.5. The van der Waals surface area contributed by atoms with Crippen molar-refractivity contribution in [3.63, 3.8) is 0 Å². The van der Waals surface area contributed by atoms with E-state index in [9.17, 15) is 13.2 Å². The Hall–Kier alpha value is -0.100. The number of alkyl halides is 1. The van der Waals surface area contributed by atoms with Crippen LogP contribution in [0.2, 0.25) is 0 Å². The van der Waals surface area contributed by atoms with Gasteiger partial charge in [-0.05, 0) is 12.8 Å². The van der Waals surface area contributed by atoms with Gasteiger partial charge < -0.3 is 5.32 Å². The Balaban J connectivity index is 2.43. The van der Waals surface area contributed by atoms with Crippen molar-refractivity contribution in [3.8, 4) is 0 Å². The second-order valence-corrected chi connectivity index (χ2v) is 6.23. The highest BCUT2D eigenvalue weighted by atomic mass is 79.9. The van der Waals surface area contributed by atoms with E-state index in [-0.39, 0.29) is 5.54 Å². The normalized spacial score (nSPS) is 19.5. The first-order valence-corrected chi connectivity index (χ1v) is 7.10. The zero-order valence-electron chi connectivity index (χ0n) is 7.34. The van der Waals surface area contributed by atoms with Crippen LogP contribution in [-0.2, 0) is 14.6 Å². The maximum absolute atomic E-state index is 11.2. The maximum Gasteiger partial charge on any atom is 0.235 e. The quantitative estimate of drug-likeness (QED) is 0.735. The van der Waals surface area contributed by atoms with Gasteiger partial charge in [-0.25, -0.2) is 8.42 Å². The van der Waals surface area contributed by atoms with E-state index in [0.29, 0.717) is 5.33 Å². The molecule has 13 heavy (non-hydrogen) atoms. The topological polar surface area (TPSA) is 63.2 Å². The summed E-state index contributed by atoms with van der Waals surface area (Å²) in [6.07, 6.45) is 2.90. The van der Waals surface area contributed by atoms with Crippen LogP contribution in [0.15, 0.2) is 0 Å². The summed E-state index contributed by atoms with van der Waals surface area (Å²) in [4.78, 5) is 11.2. The fraction of sp³-hybridized carbons (Fsp3) is 0.857. The number of nitrogens with one attached hydrogen (secondary N) is 1. The molecule has 6 heteroatoms. The molecule has 1 aliphatic carbocycles. The molecular weight excluding hydrogens is 258 g/mol. The van der Waals surface area contributed by atoms with Gasteiger partial charge in [-0.15, -0.1) is 0 Å². The van der Waals surface area contributed by atoms with Gasteiger partial charge in [-0.2, -0.15) is 0 Å². The Morgan fingerprint density at radius 2 is 2.08 bits per heavy atom. The van der Waals surface area contributed by atoms with Crippen molar-refractivity contribution in [3.05, 3.63) is 0 Å². The lowest BCUT2D eigenvalue weighted by atomic mass is 10.3. The lowest BCUT2D eigenvalue weighted by Gasteiger charge is -2.13. The molecule has 0 spiro atoms. The molecule has 0 aliphatic heterocycles. The zero-order valence-corrected chi connectivity index (χ0v) is 9.74. The predicted octanol–water partition coefficient (Wildman–Crippen LogP) is 0.0747. The highest BCUT2D eigenvalue weighted by Gasteiger charge is 2.43. The SMILES string of the molecule is CS(=O)(=O)CC(=O)NC1(CBr)CC1. The van der Waals surface area contributed by atoms with Crippen LogP contribution in [0.25, 0.3) is 0 Å². The van der Waals surface area contributed by atoms with Crippen molar-refractivity contribution in [2.24, 2.45) is 0 Å². The summed E-state index contributed by atoms with van der Waals surface area (Å²) in [6.45, 7) is 0. The molecule has 4 nitrogen and oxygen atoms in total. The second-order valence-electron chi connectivity index (χ2n) is 3.53. The number of sulfone groups is 1.